The van der Waals surface area contributed by atoms with Gasteiger partial charge in [-0.25, -0.2) is 13.1 Å². The summed E-state index contributed by atoms with van der Waals surface area (Å²) in [6.45, 7) is 3.54. The van der Waals surface area contributed by atoms with Gasteiger partial charge >= 0.3 is 5.97 Å². The summed E-state index contributed by atoms with van der Waals surface area (Å²) in [7, 11) is -3.66. The van der Waals surface area contributed by atoms with Crippen LogP contribution in [0.5, 0.6) is 0 Å². The monoisotopic (exact) mass is 285 g/mol. The lowest BCUT2D eigenvalue weighted by molar-refractivity contribution is -0.140. The van der Waals surface area contributed by atoms with Crippen molar-refractivity contribution in [3.63, 3.8) is 0 Å². The molecule has 0 radical (unpaired) electrons. The van der Waals surface area contributed by atoms with Gasteiger partial charge < -0.3 is 5.11 Å². The third kappa shape index (κ3) is 5.00. The van der Waals surface area contributed by atoms with E-state index in [1.54, 1.807) is 37.3 Å². The van der Waals surface area contributed by atoms with Crippen molar-refractivity contribution >= 4 is 16.0 Å². The maximum absolute atomic E-state index is 12.0. The summed E-state index contributed by atoms with van der Waals surface area (Å²) in [4.78, 5) is 11.1. The molecule has 1 aromatic rings. The molecule has 0 fully saturated rings. The molecule has 6 heteroatoms. The zero-order valence-corrected chi connectivity index (χ0v) is 11.9. The second-order valence-electron chi connectivity index (χ2n) is 4.56. The van der Waals surface area contributed by atoms with Gasteiger partial charge in [-0.05, 0) is 11.5 Å². The van der Waals surface area contributed by atoms with Crippen molar-refractivity contribution in [1.29, 1.82) is 0 Å². The molecule has 1 aromatic carbocycles. The fourth-order valence-electron chi connectivity index (χ4n) is 1.67. The predicted molar refractivity (Wildman–Crippen MR) is 73.1 cm³/mol. The van der Waals surface area contributed by atoms with E-state index in [1.165, 1.54) is 0 Å². The molecule has 0 amide bonds. The SMILES string of the molecule is CCC(C)[C@@H](NS(=O)(=O)Cc1ccccc1)C(=O)O. The topological polar surface area (TPSA) is 83.5 Å². The number of carbonyl (C=O) groups is 1. The molecule has 0 saturated heterocycles. The van der Waals surface area contributed by atoms with Crippen LogP contribution in [0.4, 0.5) is 0 Å². The van der Waals surface area contributed by atoms with Gasteiger partial charge in [0, 0.05) is 0 Å². The largest absolute Gasteiger partial charge is 0.480 e. The van der Waals surface area contributed by atoms with Gasteiger partial charge in [-0.1, -0.05) is 50.6 Å². The first-order valence-corrected chi connectivity index (χ1v) is 7.77. The van der Waals surface area contributed by atoms with Crippen LogP contribution >= 0.6 is 0 Å². The maximum Gasteiger partial charge on any atom is 0.322 e. The molecule has 2 N–H and O–H groups in total. The number of carboxylic acid groups (broad SMARTS) is 1. The summed E-state index contributed by atoms with van der Waals surface area (Å²) in [5.41, 5.74) is 0.628. The molecule has 0 aliphatic heterocycles. The van der Waals surface area contributed by atoms with Crippen molar-refractivity contribution in [2.24, 2.45) is 5.92 Å². The highest BCUT2D eigenvalue weighted by Gasteiger charge is 2.28. The Balaban J connectivity index is 2.80. The molecule has 106 valence electrons. The van der Waals surface area contributed by atoms with Crippen LogP contribution in [-0.2, 0) is 20.6 Å². The third-order valence-electron chi connectivity index (χ3n) is 2.99. The molecule has 1 unspecified atom stereocenters. The molecule has 2 atom stereocenters. The summed E-state index contributed by atoms with van der Waals surface area (Å²) in [5.74, 6) is -1.62. The molecule has 19 heavy (non-hydrogen) atoms. The molecule has 0 spiro atoms. The van der Waals surface area contributed by atoms with Crippen LogP contribution in [0.1, 0.15) is 25.8 Å². The van der Waals surface area contributed by atoms with Gasteiger partial charge in [-0.15, -0.1) is 0 Å². The number of rotatable bonds is 7. The van der Waals surface area contributed by atoms with Gasteiger partial charge in [0.1, 0.15) is 6.04 Å². The molecule has 0 aliphatic carbocycles. The van der Waals surface area contributed by atoms with Gasteiger partial charge in [0.15, 0.2) is 0 Å². The lowest BCUT2D eigenvalue weighted by Gasteiger charge is -2.20. The molecule has 0 aromatic heterocycles. The molecule has 0 saturated carbocycles. The first kappa shape index (κ1) is 15.7. The number of nitrogens with one attached hydrogen (secondary N) is 1. The first-order valence-electron chi connectivity index (χ1n) is 6.12. The average Bonchev–Trinajstić information content (AvgIpc) is 2.35. The van der Waals surface area contributed by atoms with E-state index < -0.39 is 22.0 Å². The van der Waals surface area contributed by atoms with Crippen LogP contribution in [0, 0.1) is 5.92 Å². The molecule has 0 heterocycles. The standard InChI is InChI=1S/C13H19NO4S/c1-3-10(2)12(13(15)16)14-19(17,18)9-11-7-5-4-6-8-11/h4-8,10,12,14H,3,9H2,1-2H3,(H,15,16)/t10?,12-/m1/s1. The lowest BCUT2D eigenvalue weighted by atomic mass is 10.0. The van der Waals surface area contributed by atoms with Crippen LogP contribution in [0.25, 0.3) is 0 Å². The zero-order valence-electron chi connectivity index (χ0n) is 11.0. The van der Waals surface area contributed by atoms with Gasteiger partial charge in [0.2, 0.25) is 10.0 Å². The first-order chi connectivity index (χ1) is 8.85. The Morgan fingerprint density at radius 1 is 1.32 bits per heavy atom. The lowest BCUT2D eigenvalue weighted by Crippen LogP contribution is -2.45. The van der Waals surface area contributed by atoms with Crippen molar-refractivity contribution in [3.8, 4) is 0 Å². The minimum absolute atomic E-state index is 0.214. The summed E-state index contributed by atoms with van der Waals surface area (Å²) in [6, 6.07) is 7.58. The number of benzene rings is 1. The van der Waals surface area contributed by atoms with Gasteiger partial charge in [-0.2, -0.15) is 0 Å². The predicted octanol–water partition coefficient (Wildman–Crippen LogP) is 1.61. The van der Waals surface area contributed by atoms with Crippen molar-refractivity contribution in [1.82, 2.24) is 4.72 Å². The summed E-state index contributed by atoms with van der Waals surface area (Å²) in [6.07, 6.45) is 0.588. The minimum Gasteiger partial charge on any atom is -0.480 e. The number of hydrogen-bond acceptors (Lipinski definition) is 3. The Bertz CT molecular complexity index is 513. The molecule has 0 aliphatic rings. The minimum atomic E-state index is -3.66. The quantitative estimate of drug-likeness (QED) is 0.797. The van der Waals surface area contributed by atoms with E-state index in [2.05, 4.69) is 4.72 Å². The Morgan fingerprint density at radius 2 is 1.89 bits per heavy atom. The van der Waals surface area contributed by atoms with Crippen LogP contribution in [-0.4, -0.2) is 25.5 Å². The Hall–Kier alpha value is -1.40. The number of carboxylic acids is 1. The highest BCUT2D eigenvalue weighted by molar-refractivity contribution is 7.88. The second-order valence-corrected chi connectivity index (χ2v) is 6.32. The highest BCUT2D eigenvalue weighted by Crippen LogP contribution is 2.11. The third-order valence-corrected chi connectivity index (χ3v) is 4.31. The zero-order chi connectivity index (χ0) is 14.5. The number of sulfonamides is 1. The van der Waals surface area contributed by atoms with Crippen LogP contribution in [0.15, 0.2) is 30.3 Å². The molecule has 0 bridgehead atoms. The van der Waals surface area contributed by atoms with Gasteiger partial charge in [0.25, 0.3) is 0 Å². The van der Waals surface area contributed by atoms with Crippen molar-refractivity contribution in [2.45, 2.75) is 32.1 Å². The second kappa shape index (κ2) is 6.68. The van der Waals surface area contributed by atoms with Crippen molar-refractivity contribution in [3.05, 3.63) is 35.9 Å². The van der Waals surface area contributed by atoms with E-state index in [1.807, 2.05) is 6.92 Å². The Morgan fingerprint density at radius 3 is 2.37 bits per heavy atom. The highest BCUT2D eigenvalue weighted by atomic mass is 32.2. The molecular formula is C13H19NO4S. The maximum atomic E-state index is 12.0. The summed E-state index contributed by atoms with van der Waals surface area (Å²) < 4.78 is 26.2. The smallest absolute Gasteiger partial charge is 0.322 e. The van der Waals surface area contributed by atoms with Crippen LogP contribution in [0.3, 0.4) is 0 Å². The van der Waals surface area contributed by atoms with E-state index in [9.17, 15) is 13.2 Å². The fraction of sp³-hybridized carbons (Fsp3) is 0.462. The van der Waals surface area contributed by atoms with Gasteiger partial charge in [0.05, 0.1) is 5.75 Å². The van der Waals surface area contributed by atoms with Crippen molar-refractivity contribution < 1.29 is 18.3 Å². The Kier molecular flexibility index (Phi) is 5.50. The van der Waals surface area contributed by atoms with Gasteiger partial charge in [-0.3, -0.25) is 4.79 Å². The van der Waals surface area contributed by atoms with E-state index in [0.29, 0.717) is 12.0 Å². The van der Waals surface area contributed by atoms with E-state index in [0.717, 1.165) is 0 Å². The van der Waals surface area contributed by atoms with E-state index >= 15 is 0 Å². The number of aliphatic carboxylic acids is 1. The van der Waals surface area contributed by atoms with E-state index in [-0.39, 0.29) is 11.7 Å². The van der Waals surface area contributed by atoms with Crippen molar-refractivity contribution in [2.75, 3.05) is 0 Å². The normalized spacial score (nSPS) is 14.8. The van der Waals surface area contributed by atoms with Crippen LogP contribution in [0.2, 0.25) is 0 Å². The summed E-state index contributed by atoms with van der Waals surface area (Å²) >= 11 is 0. The molecule has 5 nitrogen and oxygen atoms in total. The average molecular weight is 285 g/mol. The summed E-state index contributed by atoms with van der Waals surface area (Å²) in [5, 5.41) is 9.08. The van der Waals surface area contributed by atoms with Crippen LogP contribution < -0.4 is 4.72 Å². The fourth-order valence-corrected chi connectivity index (χ4v) is 3.11. The van der Waals surface area contributed by atoms with E-state index in [4.69, 9.17) is 5.11 Å². The molecular weight excluding hydrogens is 266 g/mol. The molecule has 1 rings (SSSR count). The Labute approximate surface area is 113 Å². The number of hydrogen-bond donors (Lipinski definition) is 2.